The molecule has 1 saturated heterocycles. The van der Waals surface area contributed by atoms with Gasteiger partial charge in [0.2, 0.25) is 5.79 Å². The van der Waals surface area contributed by atoms with E-state index in [4.69, 9.17) is 9.47 Å². The van der Waals surface area contributed by atoms with Crippen LogP contribution >= 0.6 is 0 Å². The van der Waals surface area contributed by atoms with E-state index in [1.54, 1.807) is 6.20 Å². The first-order chi connectivity index (χ1) is 9.62. The molecule has 2 aromatic rings. The van der Waals surface area contributed by atoms with E-state index in [-0.39, 0.29) is 5.41 Å². The molecule has 1 aromatic carbocycles. The summed E-state index contributed by atoms with van der Waals surface area (Å²) in [4.78, 5) is 4.45. The minimum atomic E-state index is -0.891. The van der Waals surface area contributed by atoms with Gasteiger partial charge in [-0.05, 0) is 12.1 Å². The van der Waals surface area contributed by atoms with Gasteiger partial charge in [0.25, 0.3) is 0 Å². The molecular weight excluding hydrogens is 250 g/mol. The second-order valence-electron chi connectivity index (χ2n) is 5.94. The highest BCUT2D eigenvalue weighted by Gasteiger charge is 2.44. The van der Waals surface area contributed by atoms with E-state index in [9.17, 15) is 0 Å². The average Bonchev–Trinajstić information content (AvgIpc) is 2.50. The van der Waals surface area contributed by atoms with E-state index in [0.29, 0.717) is 13.2 Å². The van der Waals surface area contributed by atoms with Crippen LogP contribution in [0.5, 0.6) is 0 Å². The molecule has 0 atom stereocenters. The van der Waals surface area contributed by atoms with Crippen LogP contribution in [0.1, 0.15) is 25.1 Å². The minimum absolute atomic E-state index is 0.0209. The number of benzene rings is 1. The van der Waals surface area contributed by atoms with Crippen molar-refractivity contribution in [3.8, 4) is 0 Å². The highest BCUT2D eigenvalue weighted by Crippen LogP contribution is 2.40. The molecule has 0 bridgehead atoms. The van der Waals surface area contributed by atoms with Gasteiger partial charge in [-0.25, -0.2) is 0 Å². The van der Waals surface area contributed by atoms with Crippen molar-refractivity contribution >= 4 is 0 Å². The number of ether oxygens (including phenoxy) is 2. The van der Waals surface area contributed by atoms with Crippen LogP contribution in [0.3, 0.4) is 0 Å². The van der Waals surface area contributed by atoms with Crippen LogP contribution in [-0.4, -0.2) is 18.2 Å². The summed E-state index contributed by atoms with van der Waals surface area (Å²) in [5.74, 6) is -0.891. The average molecular weight is 269 g/mol. The zero-order chi connectivity index (χ0) is 14.1. The molecule has 1 fully saturated rings. The molecule has 0 saturated carbocycles. The Labute approximate surface area is 119 Å². The molecule has 1 aliphatic rings. The lowest BCUT2D eigenvalue weighted by Gasteiger charge is -2.43. The first kappa shape index (κ1) is 13.3. The number of hydrogen-bond donors (Lipinski definition) is 0. The van der Waals surface area contributed by atoms with Crippen molar-refractivity contribution in [1.29, 1.82) is 0 Å². The fourth-order valence-electron chi connectivity index (χ4n) is 2.35. The van der Waals surface area contributed by atoms with E-state index < -0.39 is 5.79 Å². The number of rotatable bonds is 2. The molecule has 3 heteroatoms. The monoisotopic (exact) mass is 269 g/mol. The van der Waals surface area contributed by atoms with Crippen molar-refractivity contribution in [2.45, 2.75) is 19.6 Å². The lowest BCUT2D eigenvalue weighted by atomic mass is 9.92. The maximum atomic E-state index is 6.17. The lowest BCUT2D eigenvalue weighted by Crippen LogP contribution is -2.46. The van der Waals surface area contributed by atoms with Gasteiger partial charge in [0.05, 0.1) is 13.2 Å². The SMILES string of the molecule is CC1(C)COC(c2ccccc2)(c2ccccn2)OC1. The Morgan fingerprint density at radius 3 is 2.15 bits per heavy atom. The van der Waals surface area contributed by atoms with Crippen molar-refractivity contribution < 1.29 is 9.47 Å². The number of pyridine rings is 1. The van der Waals surface area contributed by atoms with Gasteiger partial charge >= 0.3 is 0 Å². The van der Waals surface area contributed by atoms with Crippen molar-refractivity contribution in [1.82, 2.24) is 4.98 Å². The fraction of sp³-hybridized carbons (Fsp3) is 0.353. The summed E-state index contributed by atoms with van der Waals surface area (Å²) in [7, 11) is 0. The maximum absolute atomic E-state index is 6.17. The fourth-order valence-corrected chi connectivity index (χ4v) is 2.35. The summed E-state index contributed by atoms with van der Waals surface area (Å²) < 4.78 is 12.3. The van der Waals surface area contributed by atoms with Crippen molar-refractivity contribution in [3.63, 3.8) is 0 Å². The highest BCUT2D eigenvalue weighted by atomic mass is 16.7. The Morgan fingerprint density at radius 2 is 1.55 bits per heavy atom. The number of hydrogen-bond acceptors (Lipinski definition) is 3. The first-order valence-corrected chi connectivity index (χ1v) is 6.87. The van der Waals surface area contributed by atoms with Gasteiger partial charge in [0, 0.05) is 17.2 Å². The molecular formula is C17H19NO2. The quantitative estimate of drug-likeness (QED) is 0.837. The van der Waals surface area contributed by atoms with E-state index >= 15 is 0 Å². The molecule has 3 rings (SSSR count). The summed E-state index contributed by atoms with van der Waals surface area (Å²) in [6.45, 7) is 5.55. The number of aromatic nitrogens is 1. The lowest BCUT2D eigenvalue weighted by molar-refractivity contribution is -0.286. The largest absolute Gasteiger partial charge is 0.340 e. The van der Waals surface area contributed by atoms with Crippen molar-refractivity contribution in [3.05, 3.63) is 66.0 Å². The van der Waals surface area contributed by atoms with Crippen LogP contribution in [0.4, 0.5) is 0 Å². The normalized spacial score (nSPS) is 20.5. The minimum Gasteiger partial charge on any atom is -0.340 e. The van der Waals surface area contributed by atoms with Crippen LogP contribution in [0.2, 0.25) is 0 Å². The first-order valence-electron chi connectivity index (χ1n) is 6.87. The molecule has 2 heterocycles. The predicted molar refractivity (Wildman–Crippen MR) is 77.1 cm³/mol. The molecule has 20 heavy (non-hydrogen) atoms. The Bertz CT molecular complexity index is 515. The molecule has 1 aromatic heterocycles. The molecule has 0 spiro atoms. The van der Waals surface area contributed by atoms with Crippen LogP contribution < -0.4 is 0 Å². The molecule has 3 nitrogen and oxygen atoms in total. The molecule has 0 aliphatic carbocycles. The third-order valence-corrected chi connectivity index (χ3v) is 3.49. The topological polar surface area (TPSA) is 31.4 Å². The number of nitrogens with zero attached hydrogens (tertiary/aromatic N) is 1. The highest BCUT2D eigenvalue weighted by molar-refractivity contribution is 5.30. The summed E-state index contributed by atoms with van der Waals surface area (Å²) in [6, 6.07) is 15.8. The van der Waals surface area contributed by atoms with E-state index in [2.05, 4.69) is 18.8 Å². The smallest absolute Gasteiger partial charge is 0.239 e. The Hall–Kier alpha value is -1.71. The van der Waals surface area contributed by atoms with E-state index in [1.807, 2.05) is 48.5 Å². The third-order valence-electron chi connectivity index (χ3n) is 3.49. The van der Waals surface area contributed by atoms with E-state index in [1.165, 1.54) is 0 Å². The molecule has 0 unspecified atom stereocenters. The Morgan fingerprint density at radius 1 is 0.900 bits per heavy atom. The van der Waals surface area contributed by atoms with Gasteiger partial charge in [0.15, 0.2) is 0 Å². The Kier molecular flexibility index (Phi) is 3.32. The van der Waals surface area contributed by atoms with Crippen LogP contribution in [0.15, 0.2) is 54.7 Å². The van der Waals surface area contributed by atoms with Gasteiger partial charge in [-0.2, -0.15) is 0 Å². The van der Waals surface area contributed by atoms with Crippen LogP contribution in [0.25, 0.3) is 0 Å². The van der Waals surface area contributed by atoms with Gasteiger partial charge in [0.1, 0.15) is 5.69 Å². The molecule has 0 N–H and O–H groups in total. The third kappa shape index (κ3) is 2.35. The summed E-state index contributed by atoms with van der Waals surface area (Å²) >= 11 is 0. The molecule has 0 amide bonds. The molecule has 0 radical (unpaired) electrons. The Balaban J connectivity index is 2.06. The second kappa shape index (κ2) is 5.00. The van der Waals surface area contributed by atoms with Gasteiger partial charge in [-0.3, -0.25) is 4.98 Å². The summed E-state index contributed by atoms with van der Waals surface area (Å²) in [5.41, 5.74) is 1.79. The van der Waals surface area contributed by atoms with Crippen LogP contribution in [0, 0.1) is 5.41 Å². The standard InChI is InChI=1S/C17H19NO2/c1-16(2)12-19-17(20-13-16,14-8-4-3-5-9-14)15-10-6-7-11-18-15/h3-11H,12-13H2,1-2H3. The predicted octanol–water partition coefficient (Wildman–Crippen LogP) is 3.36. The maximum Gasteiger partial charge on any atom is 0.239 e. The van der Waals surface area contributed by atoms with Gasteiger partial charge in [-0.1, -0.05) is 50.2 Å². The zero-order valence-corrected chi connectivity index (χ0v) is 11.9. The zero-order valence-electron chi connectivity index (χ0n) is 11.9. The van der Waals surface area contributed by atoms with Crippen molar-refractivity contribution in [2.24, 2.45) is 5.41 Å². The molecule has 104 valence electrons. The van der Waals surface area contributed by atoms with E-state index in [0.717, 1.165) is 11.3 Å². The van der Waals surface area contributed by atoms with Gasteiger partial charge < -0.3 is 9.47 Å². The van der Waals surface area contributed by atoms with Crippen molar-refractivity contribution in [2.75, 3.05) is 13.2 Å². The summed E-state index contributed by atoms with van der Waals surface area (Å²) in [6.07, 6.45) is 1.77. The van der Waals surface area contributed by atoms with Crippen LogP contribution in [-0.2, 0) is 15.3 Å². The summed E-state index contributed by atoms with van der Waals surface area (Å²) in [5, 5.41) is 0. The molecule has 1 aliphatic heterocycles. The second-order valence-corrected chi connectivity index (χ2v) is 5.94. The van der Waals surface area contributed by atoms with Gasteiger partial charge in [-0.15, -0.1) is 0 Å².